The normalized spacial score (nSPS) is 10.2. The van der Waals surface area contributed by atoms with Crippen molar-refractivity contribution < 1.29 is 23.4 Å². The van der Waals surface area contributed by atoms with E-state index < -0.39 is 19.0 Å². The molecule has 0 aliphatic carbocycles. The van der Waals surface area contributed by atoms with Gasteiger partial charge in [-0.2, -0.15) is 0 Å². The summed E-state index contributed by atoms with van der Waals surface area (Å²) in [4.78, 5) is 10.2. The quantitative estimate of drug-likeness (QED) is 0.605. The number of carbonyl (C=O) groups is 1. The number of benzene rings is 1. The third-order valence-electron chi connectivity index (χ3n) is 1.54. The van der Waals surface area contributed by atoms with Gasteiger partial charge in [-0.3, -0.25) is 0 Å². The maximum absolute atomic E-state index is 12.0. The van der Waals surface area contributed by atoms with Gasteiger partial charge in [0.15, 0.2) is 0 Å². The number of para-hydroxylation sites is 1. The van der Waals surface area contributed by atoms with Crippen LogP contribution in [0.1, 0.15) is 5.56 Å². The topological polar surface area (TPSA) is 46.5 Å². The fourth-order valence-corrected chi connectivity index (χ4v) is 1.03. The lowest BCUT2D eigenvalue weighted by Crippen LogP contribution is -2.07. The van der Waals surface area contributed by atoms with Crippen molar-refractivity contribution in [3.05, 3.63) is 29.8 Å². The Hall–Kier alpha value is -1.65. The number of hydrogen-bond acceptors (Lipinski definition) is 2. The summed E-state index contributed by atoms with van der Waals surface area (Å²) in [7, 11) is 0. The lowest BCUT2D eigenvalue weighted by atomic mass is 10.1. The Bertz CT molecular complexity index is 326. The lowest BCUT2D eigenvalue weighted by Gasteiger charge is -2.06. The molecule has 0 spiro atoms. The molecule has 0 aromatic heterocycles. The van der Waals surface area contributed by atoms with E-state index in [1.54, 1.807) is 6.07 Å². The molecule has 0 aliphatic heterocycles. The zero-order chi connectivity index (χ0) is 10.6. The first kappa shape index (κ1) is 10.4. The molecule has 0 heterocycles. The number of hydrogen-bond donors (Lipinski definition) is 1. The summed E-state index contributed by atoms with van der Waals surface area (Å²) in [6.07, 6.45) is -4.54. The van der Waals surface area contributed by atoms with Crippen molar-refractivity contribution in [1.29, 1.82) is 0 Å². The predicted molar refractivity (Wildman–Crippen MR) is 44.8 cm³/mol. The van der Waals surface area contributed by atoms with Crippen LogP contribution >= 0.6 is 0 Å². The molecule has 1 N–H and O–H groups in total. The molecule has 0 radical (unpaired) electrons. The fraction of sp³-hybridized carbons (Fsp3) is 0.222. The minimum Gasteiger partial charge on any atom is -0.449 e. The molecule has 14 heavy (non-hydrogen) atoms. The molecule has 0 saturated carbocycles. The van der Waals surface area contributed by atoms with Crippen molar-refractivity contribution in [2.75, 3.05) is 0 Å². The van der Waals surface area contributed by atoms with E-state index >= 15 is 0 Å². The van der Waals surface area contributed by atoms with Gasteiger partial charge in [0.05, 0.1) is 0 Å². The van der Waals surface area contributed by atoms with Crippen LogP contribution in [0, 0.1) is 0 Å². The van der Waals surface area contributed by atoms with Gasteiger partial charge in [0.25, 0.3) is 0 Å². The standard InChI is InChI=1S/C9H8F2O3/c10-8(11)5-6-3-1-2-4-7(6)14-9(12)13/h1-4,8H,5H2,(H,12,13). The molecule has 1 rings (SSSR count). The second-order valence-electron chi connectivity index (χ2n) is 2.57. The smallest absolute Gasteiger partial charge is 0.449 e. The van der Waals surface area contributed by atoms with Crippen LogP contribution in [-0.2, 0) is 6.42 Å². The van der Waals surface area contributed by atoms with Crippen molar-refractivity contribution >= 4 is 6.16 Å². The van der Waals surface area contributed by atoms with Gasteiger partial charge in [-0.25, -0.2) is 13.6 Å². The molecule has 1 aromatic carbocycles. The molecular weight excluding hydrogens is 194 g/mol. The highest BCUT2D eigenvalue weighted by atomic mass is 19.3. The van der Waals surface area contributed by atoms with Crippen LogP contribution in [0.5, 0.6) is 5.75 Å². The number of ether oxygens (including phenoxy) is 1. The number of rotatable bonds is 3. The monoisotopic (exact) mass is 202 g/mol. The molecule has 1 aromatic rings. The van der Waals surface area contributed by atoms with Crippen molar-refractivity contribution in [1.82, 2.24) is 0 Å². The summed E-state index contributed by atoms with van der Waals surface area (Å²) in [5.74, 6) is -0.0414. The Balaban J connectivity index is 2.85. The SMILES string of the molecule is O=C(O)Oc1ccccc1CC(F)F. The Morgan fingerprint density at radius 1 is 1.43 bits per heavy atom. The third kappa shape index (κ3) is 3.01. The zero-order valence-electron chi connectivity index (χ0n) is 7.11. The third-order valence-corrected chi connectivity index (χ3v) is 1.54. The highest BCUT2D eigenvalue weighted by Gasteiger charge is 2.11. The number of carboxylic acid groups (broad SMARTS) is 1. The van der Waals surface area contributed by atoms with Gasteiger partial charge in [0.1, 0.15) is 5.75 Å². The largest absolute Gasteiger partial charge is 0.511 e. The summed E-state index contributed by atoms with van der Waals surface area (Å²) in [6.45, 7) is 0. The van der Waals surface area contributed by atoms with Crippen molar-refractivity contribution in [2.45, 2.75) is 12.8 Å². The van der Waals surface area contributed by atoms with Crippen LogP contribution in [0.2, 0.25) is 0 Å². The molecule has 0 bridgehead atoms. The van der Waals surface area contributed by atoms with E-state index in [0.717, 1.165) is 0 Å². The first-order valence-electron chi connectivity index (χ1n) is 3.86. The molecule has 0 aliphatic rings. The second-order valence-corrected chi connectivity index (χ2v) is 2.57. The summed E-state index contributed by atoms with van der Waals surface area (Å²) >= 11 is 0. The van der Waals surface area contributed by atoms with Crippen LogP contribution in [0.15, 0.2) is 24.3 Å². The fourth-order valence-electron chi connectivity index (χ4n) is 1.03. The van der Waals surface area contributed by atoms with Gasteiger partial charge in [-0.15, -0.1) is 0 Å². The van der Waals surface area contributed by atoms with E-state index in [4.69, 9.17) is 5.11 Å². The predicted octanol–water partition coefficient (Wildman–Crippen LogP) is 2.55. The van der Waals surface area contributed by atoms with Gasteiger partial charge in [0.2, 0.25) is 6.43 Å². The van der Waals surface area contributed by atoms with Gasteiger partial charge in [0, 0.05) is 12.0 Å². The minimum absolute atomic E-state index is 0.0414. The van der Waals surface area contributed by atoms with Crippen molar-refractivity contribution in [3.63, 3.8) is 0 Å². The zero-order valence-corrected chi connectivity index (χ0v) is 7.11. The van der Waals surface area contributed by atoms with Crippen LogP contribution in [0.4, 0.5) is 13.6 Å². The Morgan fingerprint density at radius 2 is 2.07 bits per heavy atom. The van der Waals surface area contributed by atoms with Crippen molar-refractivity contribution in [3.8, 4) is 5.75 Å². The van der Waals surface area contributed by atoms with Crippen molar-refractivity contribution in [2.24, 2.45) is 0 Å². The lowest BCUT2D eigenvalue weighted by molar-refractivity contribution is 0.137. The van der Waals surface area contributed by atoms with E-state index in [2.05, 4.69) is 4.74 Å². The maximum atomic E-state index is 12.0. The molecule has 0 amide bonds. The highest BCUT2D eigenvalue weighted by Crippen LogP contribution is 2.20. The van der Waals surface area contributed by atoms with E-state index in [1.807, 2.05) is 0 Å². The molecular formula is C9H8F2O3. The first-order chi connectivity index (χ1) is 6.59. The summed E-state index contributed by atoms with van der Waals surface area (Å²) < 4.78 is 28.4. The van der Waals surface area contributed by atoms with Crippen LogP contribution in [-0.4, -0.2) is 17.7 Å². The summed E-state index contributed by atoms with van der Waals surface area (Å²) in [5, 5.41) is 8.32. The highest BCUT2D eigenvalue weighted by molar-refractivity contribution is 5.62. The van der Waals surface area contributed by atoms with Crippen LogP contribution in [0.3, 0.4) is 0 Å². The van der Waals surface area contributed by atoms with E-state index in [-0.39, 0.29) is 11.3 Å². The Labute approximate surface area is 78.9 Å². The summed E-state index contributed by atoms with van der Waals surface area (Å²) in [6, 6.07) is 5.82. The second kappa shape index (κ2) is 4.55. The molecule has 5 heteroatoms. The van der Waals surface area contributed by atoms with Gasteiger partial charge in [-0.1, -0.05) is 18.2 Å². The Kier molecular flexibility index (Phi) is 3.39. The molecule has 76 valence electrons. The van der Waals surface area contributed by atoms with E-state index in [9.17, 15) is 13.6 Å². The first-order valence-corrected chi connectivity index (χ1v) is 3.86. The molecule has 3 nitrogen and oxygen atoms in total. The van der Waals surface area contributed by atoms with Crippen LogP contribution < -0.4 is 4.74 Å². The molecule has 0 atom stereocenters. The van der Waals surface area contributed by atoms with E-state index in [0.29, 0.717) is 0 Å². The minimum atomic E-state index is -2.52. The summed E-state index contributed by atoms with van der Waals surface area (Å²) in [5.41, 5.74) is 0.185. The Morgan fingerprint density at radius 3 is 2.64 bits per heavy atom. The molecule has 0 fully saturated rings. The maximum Gasteiger partial charge on any atom is 0.511 e. The van der Waals surface area contributed by atoms with Gasteiger partial charge in [-0.05, 0) is 6.07 Å². The average Bonchev–Trinajstić information content (AvgIpc) is 2.06. The van der Waals surface area contributed by atoms with Crippen LogP contribution in [0.25, 0.3) is 0 Å². The average molecular weight is 202 g/mol. The van der Waals surface area contributed by atoms with E-state index in [1.165, 1.54) is 18.2 Å². The van der Waals surface area contributed by atoms with Gasteiger partial charge < -0.3 is 9.84 Å². The molecule has 0 unspecified atom stereocenters. The van der Waals surface area contributed by atoms with Gasteiger partial charge >= 0.3 is 6.16 Å². The number of alkyl halides is 2. The molecule has 0 saturated heterocycles. The number of halogens is 2.